The summed E-state index contributed by atoms with van der Waals surface area (Å²) in [6.45, 7) is 2.08. The third kappa shape index (κ3) is 3.38. The maximum absolute atomic E-state index is 12.7. The number of aromatic nitrogens is 1. The van der Waals surface area contributed by atoms with Gasteiger partial charge in [-0.05, 0) is 42.7 Å². The summed E-state index contributed by atoms with van der Waals surface area (Å²) in [6, 6.07) is 9.60. The van der Waals surface area contributed by atoms with E-state index in [1.54, 1.807) is 18.5 Å². The third-order valence-electron chi connectivity index (χ3n) is 4.58. The smallest absolute Gasteiger partial charge is 0.322 e. The largest absolute Gasteiger partial charge is 0.490 e. The molecular weight excluding hydrogens is 318 g/mol. The van der Waals surface area contributed by atoms with E-state index < -0.39 is 0 Å². The van der Waals surface area contributed by atoms with Crippen molar-refractivity contribution in [2.45, 2.75) is 25.3 Å². The number of pyridine rings is 1. The lowest BCUT2D eigenvalue weighted by molar-refractivity contribution is 0.207. The number of carbonyl (C=O) groups is 1. The fourth-order valence-electron chi connectivity index (χ4n) is 3.38. The highest BCUT2D eigenvalue weighted by atomic mass is 16.5. The van der Waals surface area contributed by atoms with Gasteiger partial charge in [0.2, 0.25) is 0 Å². The number of urea groups is 1. The lowest BCUT2D eigenvalue weighted by Crippen LogP contribution is -2.34. The fourth-order valence-corrected chi connectivity index (χ4v) is 3.38. The second-order valence-electron chi connectivity index (χ2n) is 6.28. The Labute approximate surface area is 146 Å². The van der Waals surface area contributed by atoms with E-state index in [1.165, 1.54) is 0 Å². The predicted molar refractivity (Wildman–Crippen MR) is 94.0 cm³/mol. The zero-order chi connectivity index (χ0) is 17.1. The van der Waals surface area contributed by atoms with Gasteiger partial charge in [0.25, 0.3) is 0 Å². The summed E-state index contributed by atoms with van der Waals surface area (Å²) < 4.78 is 11.5. The zero-order valence-corrected chi connectivity index (χ0v) is 14.0. The van der Waals surface area contributed by atoms with Crippen molar-refractivity contribution in [1.29, 1.82) is 0 Å². The van der Waals surface area contributed by atoms with E-state index in [0.29, 0.717) is 18.9 Å². The first-order valence-electron chi connectivity index (χ1n) is 8.68. The van der Waals surface area contributed by atoms with Gasteiger partial charge in [-0.1, -0.05) is 6.07 Å². The molecule has 0 radical (unpaired) electrons. The number of carbonyl (C=O) groups excluding carboxylic acids is 1. The maximum atomic E-state index is 12.7. The second kappa shape index (κ2) is 7.01. The van der Waals surface area contributed by atoms with Crippen molar-refractivity contribution in [3.63, 3.8) is 0 Å². The lowest BCUT2D eigenvalue weighted by atomic mass is 10.0. The van der Waals surface area contributed by atoms with Crippen LogP contribution < -0.4 is 14.8 Å². The minimum atomic E-state index is -0.0948. The lowest BCUT2D eigenvalue weighted by Gasteiger charge is -2.26. The minimum Gasteiger partial charge on any atom is -0.490 e. The number of ether oxygens (including phenoxy) is 2. The molecule has 1 unspecified atom stereocenters. The van der Waals surface area contributed by atoms with Gasteiger partial charge in [0.1, 0.15) is 0 Å². The first-order chi connectivity index (χ1) is 12.3. The van der Waals surface area contributed by atoms with Gasteiger partial charge in [-0.3, -0.25) is 4.98 Å². The standard InChI is InChI=1S/C19H21N3O3/c23-19(21-15-4-1-8-20-13-15)22-9-2-5-16(22)14-6-7-17-18(12-14)25-11-3-10-24-17/h1,4,6-8,12-13,16H,2-3,5,9-11H2,(H,21,23). The van der Waals surface area contributed by atoms with Crippen molar-refractivity contribution in [3.05, 3.63) is 48.3 Å². The summed E-state index contributed by atoms with van der Waals surface area (Å²) >= 11 is 0. The number of nitrogens with one attached hydrogen (secondary N) is 1. The Kier molecular flexibility index (Phi) is 4.41. The van der Waals surface area contributed by atoms with E-state index in [9.17, 15) is 4.79 Å². The van der Waals surface area contributed by atoms with Crippen LogP contribution in [0.5, 0.6) is 11.5 Å². The van der Waals surface area contributed by atoms with E-state index in [0.717, 1.165) is 42.9 Å². The molecule has 1 saturated heterocycles. The molecule has 0 aliphatic carbocycles. The van der Waals surface area contributed by atoms with Crippen LogP contribution in [0.25, 0.3) is 0 Å². The van der Waals surface area contributed by atoms with Crippen LogP contribution in [0.1, 0.15) is 30.9 Å². The number of fused-ring (bicyclic) bond motifs is 1. The number of hydrogen-bond acceptors (Lipinski definition) is 4. The molecule has 2 aliphatic heterocycles. The molecule has 130 valence electrons. The molecule has 1 fully saturated rings. The molecule has 6 heteroatoms. The van der Waals surface area contributed by atoms with Crippen molar-refractivity contribution >= 4 is 11.7 Å². The van der Waals surface area contributed by atoms with Gasteiger partial charge in [-0.2, -0.15) is 0 Å². The molecule has 1 aromatic carbocycles. The Hall–Kier alpha value is -2.76. The molecule has 0 spiro atoms. The summed E-state index contributed by atoms with van der Waals surface area (Å²) in [5, 5.41) is 2.92. The van der Waals surface area contributed by atoms with Crippen LogP contribution >= 0.6 is 0 Å². The molecule has 6 nitrogen and oxygen atoms in total. The number of rotatable bonds is 2. The molecule has 1 aromatic heterocycles. The van der Waals surface area contributed by atoms with Gasteiger partial charge >= 0.3 is 6.03 Å². The van der Waals surface area contributed by atoms with Crippen molar-refractivity contribution in [2.24, 2.45) is 0 Å². The van der Waals surface area contributed by atoms with Crippen LogP contribution in [-0.4, -0.2) is 35.7 Å². The minimum absolute atomic E-state index is 0.0498. The summed E-state index contributed by atoms with van der Waals surface area (Å²) in [6.07, 6.45) is 6.15. The number of benzene rings is 1. The quantitative estimate of drug-likeness (QED) is 0.908. The summed E-state index contributed by atoms with van der Waals surface area (Å²) in [5.74, 6) is 1.56. The molecule has 0 saturated carbocycles. The molecular formula is C19H21N3O3. The van der Waals surface area contributed by atoms with Gasteiger partial charge in [0.15, 0.2) is 11.5 Å². The molecule has 4 rings (SSSR count). The Balaban J connectivity index is 1.53. The van der Waals surface area contributed by atoms with Gasteiger partial charge < -0.3 is 19.7 Å². The van der Waals surface area contributed by atoms with Gasteiger partial charge in [-0.25, -0.2) is 4.79 Å². The molecule has 2 aliphatic rings. The average Bonchev–Trinajstić information content (AvgIpc) is 3.01. The first-order valence-corrected chi connectivity index (χ1v) is 8.68. The zero-order valence-electron chi connectivity index (χ0n) is 14.0. The third-order valence-corrected chi connectivity index (χ3v) is 4.58. The fraction of sp³-hybridized carbons (Fsp3) is 0.368. The normalized spacial score (nSPS) is 19.4. The van der Waals surface area contributed by atoms with Gasteiger partial charge in [0.05, 0.1) is 31.1 Å². The van der Waals surface area contributed by atoms with Crippen LogP contribution in [0, 0.1) is 0 Å². The first kappa shape index (κ1) is 15.7. The molecule has 0 bridgehead atoms. The number of amides is 2. The number of likely N-dealkylation sites (tertiary alicyclic amines) is 1. The van der Waals surface area contributed by atoms with Crippen molar-refractivity contribution in [3.8, 4) is 11.5 Å². The Bertz CT molecular complexity index is 751. The Morgan fingerprint density at radius 3 is 2.88 bits per heavy atom. The summed E-state index contributed by atoms with van der Waals surface area (Å²) in [4.78, 5) is 18.6. The molecule has 2 amide bonds. The molecule has 1 atom stereocenters. The topological polar surface area (TPSA) is 63.7 Å². The maximum Gasteiger partial charge on any atom is 0.322 e. The highest BCUT2D eigenvalue weighted by molar-refractivity contribution is 5.89. The highest BCUT2D eigenvalue weighted by Gasteiger charge is 2.30. The molecule has 2 aromatic rings. The van der Waals surface area contributed by atoms with Crippen LogP contribution in [0.4, 0.5) is 10.5 Å². The predicted octanol–water partition coefficient (Wildman–Crippen LogP) is 3.61. The summed E-state index contributed by atoms with van der Waals surface area (Å²) in [7, 11) is 0. The number of anilines is 1. The van der Waals surface area contributed by atoms with E-state index >= 15 is 0 Å². The van der Waals surface area contributed by atoms with Crippen molar-refractivity contribution < 1.29 is 14.3 Å². The Morgan fingerprint density at radius 1 is 1.16 bits per heavy atom. The van der Waals surface area contributed by atoms with E-state index in [-0.39, 0.29) is 12.1 Å². The highest BCUT2D eigenvalue weighted by Crippen LogP contribution is 2.38. The number of nitrogens with zero attached hydrogens (tertiary/aromatic N) is 2. The monoisotopic (exact) mass is 339 g/mol. The molecule has 1 N–H and O–H groups in total. The molecule has 25 heavy (non-hydrogen) atoms. The average molecular weight is 339 g/mol. The van der Waals surface area contributed by atoms with E-state index in [2.05, 4.69) is 10.3 Å². The van der Waals surface area contributed by atoms with Crippen LogP contribution in [0.2, 0.25) is 0 Å². The molecule has 3 heterocycles. The van der Waals surface area contributed by atoms with Gasteiger partial charge in [-0.15, -0.1) is 0 Å². The van der Waals surface area contributed by atoms with Crippen LogP contribution in [-0.2, 0) is 0 Å². The summed E-state index contributed by atoms with van der Waals surface area (Å²) in [5.41, 5.74) is 1.79. The van der Waals surface area contributed by atoms with Crippen molar-refractivity contribution in [2.75, 3.05) is 25.1 Å². The number of hydrogen-bond donors (Lipinski definition) is 1. The Morgan fingerprint density at radius 2 is 2.04 bits per heavy atom. The second-order valence-corrected chi connectivity index (χ2v) is 6.28. The van der Waals surface area contributed by atoms with Gasteiger partial charge in [0, 0.05) is 19.2 Å². The SMILES string of the molecule is O=C(Nc1cccnc1)N1CCCC1c1ccc2c(c1)OCCCO2. The van der Waals surface area contributed by atoms with Crippen LogP contribution in [0.3, 0.4) is 0 Å². The van der Waals surface area contributed by atoms with E-state index in [4.69, 9.17) is 9.47 Å². The van der Waals surface area contributed by atoms with E-state index in [1.807, 2.05) is 29.2 Å². The van der Waals surface area contributed by atoms with Crippen molar-refractivity contribution in [1.82, 2.24) is 9.88 Å². The van der Waals surface area contributed by atoms with Crippen LogP contribution in [0.15, 0.2) is 42.7 Å².